The van der Waals surface area contributed by atoms with Crippen LogP contribution in [-0.2, 0) is 0 Å². The fraction of sp³-hybridized carbons (Fsp3) is 0.400. The molecule has 1 aromatic heterocycles. The number of Topliss-reactive ketones (excluding diaryl/α,β-unsaturated/α-hetero) is 1. The molecule has 3 nitrogen and oxygen atoms in total. The number of rotatable bonds is 5. The molecule has 2 rings (SSSR count). The van der Waals surface area contributed by atoms with Crippen LogP contribution in [0.2, 0.25) is 0 Å². The van der Waals surface area contributed by atoms with Crippen molar-refractivity contribution in [3.63, 3.8) is 0 Å². The van der Waals surface area contributed by atoms with Crippen LogP contribution < -0.4 is 4.90 Å². The lowest BCUT2D eigenvalue weighted by molar-refractivity contribution is -0.887. The Labute approximate surface area is 108 Å². The molecule has 0 bridgehead atoms. The van der Waals surface area contributed by atoms with E-state index in [9.17, 15) is 4.79 Å². The second kappa shape index (κ2) is 5.36. The number of H-pyrrole nitrogens is 1. The number of benzene rings is 1. The lowest BCUT2D eigenvalue weighted by Crippen LogP contribution is -3.12. The predicted octanol–water partition coefficient (Wildman–Crippen LogP) is 1.58. The zero-order valence-electron chi connectivity index (χ0n) is 11.3. The topological polar surface area (TPSA) is 37.3 Å². The summed E-state index contributed by atoms with van der Waals surface area (Å²) in [6, 6.07) is 6.17. The maximum Gasteiger partial charge on any atom is 0.219 e. The van der Waals surface area contributed by atoms with Crippen LogP contribution in [0, 0.1) is 6.92 Å². The van der Waals surface area contributed by atoms with Crippen molar-refractivity contribution in [1.29, 1.82) is 0 Å². The summed E-state index contributed by atoms with van der Waals surface area (Å²) in [5.41, 5.74) is 3.05. The Morgan fingerprint density at radius 3 is 2.67 bits per heavy atom. The summed E-state index contributed by atoms with van der Waals surface area (Å²) in [7, 11) is 0. The molecular weight excluding hydrogens is 224 g/mol. The van der Waals surface area contributed by atoms with Gasteiger partial charge in [0.15, 0.2) is 0 Å². The van der Waals surface area contributed by atoms with E-state index in [1.54, 1.807) is 0 Å². The van der Waals surface area contributed by atoms with Gasteiger partial charge in [-0.3, -0.25) is 4.79 Å². The standard InChI is InChI=1S/C15H20N2O/c1-4-17(5-2)10-15(18)13-9-16-14-7-6-11(3)8-12(13)14/h6-9,16H,4-5,10H2,1-3H3/p+1. The van der Waals surface area contributed by atoms with Gasteiger partial charge in [0.25, 0.3) is 0 Å². The molecule has 18 heavy (non-hydrogen) atoms. The van der Waals surface area contributed by atoms with Crippen LogP contribution in [0.5, 0.6) is 0 Å². The van der Waals surface area contributed by atoms with E-state index in [-0.39, 0.29) is 5.78 Å². The van der Waals surface area contributed by atoms with Crippen molar-refractivity contribution in [2.45, 2.75) is 20.8 Å². The van der Waals surface area contributed by atoms with Crippen molar-refractivity contribution >= 4 is 16.7 Å². The number of hydrogen-bond acceptors (Lipinski definition) is 1. The van der Waals surface area contributed by atoms with Gasteiger partial charge in [-0.15, -0.1) is 0 Å². The summed E-state index contributed by atoms with van der Waals surface area (Å²) in [6.07, 6.45) is 1.84. The van der Waals surface area contributed by atoms with Crippen LogP contribution in [-0.4, -0.2) is 30.4 Å². The number of hydrogen-bond donors (Lipinski definition) is 2. The van der Waals surface area contributed by atoms with Gasteiger partial charge in [-0.2, -0.15) is 0 Å². The highest BCUT2D eigenvalue weighted by Gasteiger charge is 2.16. The Morgan fingerprint density at radius 1 is 1.28 bits per heavy atom. The van der Waals surface area contributed by atoms with Crippen molar-refractivity contribution in [3.8, 4) is 0 Å². The van der Waals surface area contributed by atoms with Gasteiger partial charge in [-0.25, -0.2) is 0 Å². The first kappa shape index (κ1) is 12.8. The van der Waals surface area contributed by atoms with E-state index in [4.69, 9.17) is 0 Å². The number of nitrogens with one attached hydrogen (secondary N) is 2. The minimum absolute atomic E-state index is 0.227. The first-order valence-corrected chi connectivity index (χ1v) is 6.60. The molecule has 3 heteroatoms. The Hall–Kier alpha value is -1.61. The van der Waals surface area contributed by atoms with E-state index < -0.39 is 0 Å². The Bertz CT molecular complexity index is 553. The quantitative estimate of drug-likeness (QED) is 0.771. The average Bonchev–Trinajstić information content (AvgIpc) is 2.78. The molecule has 0 aliphatic carbocycles. The monoisotopic (exact) mass is 245 g/mol. The third-order valence-corrected chi connectivity index (χ3v) is 3.55. The molecule has 0 spiro atoms. The maximum atomic E-state index is 12.3. The second-order valence-electron chi connectivity index (χ2n) is 4.81. The lowest BCUT2D eigenvalue weighted by Gasteiger charge is -2.13. The predicted molar refractivity (Wildman–Crippen MR) is 74.3 cm³/mol. The van der Waals surface area contributed by atoms with Crippen LogP contribution in [0.3, 0.4) is 0 Å². The second-order valence-corrected chi connectivity index (χ2v) is 4.81. The number of aromatic amines is 1. The maximum absolute atomic E-state index is 12.3. The molecule has 0 atom stereocenters. The summed E-state index contributed by atoms with van der Waals surface area (Å²) in [5.74, 6) is 0.227. The largest absolute Gasteiger partial charge is 0.360 e. The molecule has 0 saturated heterocycles. The highest BCUT2D eigenvalue weighted by molar-refractivity contribution is 6.08. The summed E-state index contributed by atoms with van der Waals surface area (Å²) in [6.45, 7) is 8.84. The molecule has 0 radical (unpaired) electrons. The minimum atomic E-state index is 0.227. The van der Waals surface area contributed by atoms with Crippen LogP contribution in [0.25, 0.3) is 10.9 Å². The van der Waals surface area contributed by atoms with Gasteiger partial charge < -0.3 is 9.88 Å². The van der Waals surface area contributed by atoms with Crippen molar-refractivity contribution < 1.29 is 9.69 Å². The van der Waals surface area contributed by atoms with E-state index in [2.05, 4.69) is 37.9 Å². The smallest absolute Gasteiger partial charge is 0.219 e. The van der Waals surface area contributed by atoms with Crippen molar-refractivity contribution in [1.82, 2.24) is 4.98 Å². The third kappa shape index (κ3) is 2.46. The summed E-state index contributed by atoms with van der Waals surface area (Å²) in [4.78, 5) is 16.8. The molecule has 96 valence electrons. The first-order chi connectivity index (χ1) is 8.65. The Kier molecular flexibility index (Phi) is 3.82. The van der Waals surface area contributed by atoms with Crippen LogP contribution in [0.1, 0.15) is 29.8 Å². The molecule has 0 saturated carbocycles. The van der Waals surface area contributed by atoms with Gasteiger partial charge in [0.1, 0.15) is 6.54 Å². The fourth-order valence-corrected chi connectivity index (χ4v) is 2.29. The van der Waals surface area contributed by atoms with Gasteiger partial charge in [-0.05, 0) is 32.9 Å². The Balaban J connectivity index is 2.30. The van der Waals surface area contributed by atoms with E-state index in [0.29, 0.717) is 6.54 Å². The number of aromatic nitrogens is 1. The molecule has 2 N–H and O–H groups in total. The molecule has 2 aromatic rings. The highest BCUT2D eigenvalue weighted by atomic mass is 16.1. The van der Waals surface area contributed by atoms with E-state index >= 15 is 0 Å². The third-order valence-electron chi connectivity index (χ3n) is 3.55. The minimum Gasteiger partial charge on any atom is -0.360 e. The molecule has 1 aromatic carbocycles. The number of carbonyl (C=O) groups excluding carboxylic acids is 1. The average molecular weight is 245 g/mol. The number of quaternary nitrogens is 1. The van der Waals surface area contributed by atoms with Gasteiger partial charge in [0.05, 0.1) is 13.1 Å². The number of fused-ring (bicyclic) bond motifs is 1. The van der Waals surface area contributed by atoms with Gasteiger partial charge >= 0.3 is 0 Å². The molecule has 1 heterocycles. The summed E-state index contributed by atoms with van der Waals surface area (Å²) >= 11 is 0. The zero-order chi connectivity index (χ0) is 13.1. The lowest BCUT2D eigenvalue weighted by atomic mass is 10.1. The number of likely N-dealkylation sites (N-methyl/N-ethyl adjacent to an activating group) is 1. The summed E-state index contributed by atoms with van der Waals surface area (Å²) < 4.78 is 0. The summed E-state index contributed by atoms with van der Waals surface area (Å²) in [5, 5.41) is 1.05. The fourth-order valence-electron chi connectivity index (χ4n) is 2.29. The molecule has 0 amide bonds. The van der Waals surface area contributed by atoms with Crippen molar-refractivity contribution in [3.05, 3.63) is 35.5 Å². The Morgan fingerprint density at radius 2 is 2.00 bits per heavy atom. The SMILES string of the molecule is CC[NH+](CC)CC(=O)c1c[nH]c2ccc(C)cc12. The van der Waals surface area contributed by atoms with Crippen molar-refractivity contribution in [2.75, 3.05) is 19.6 Å². The molecular formula is C15H21N2O+. The van der Waals surface area contributed by atoms with Gasteiger partial charge in [-0.1, -0.05) is 11.6 Å². The van der Waals surface area contributed by atoms with Crippen molar-refractivity contribution in [2.24, 2.45) is 0 Å². The number of ketones is 1. The highest BCUT2D eigenvalue weighted by Crippen LogP contribution is 2.19. The zero-order valence-corrected chi connectivity index (χ0v) is 11.3. The van der Waals surface area contributed by atoms with Crippen LogP contribution in [0.15, 0.2) is 24.4 Å². The van der Waals surface area contributed by atoms with Gasteiger partial charge in [0.2, 0.25) is 5.78 Å². The molecule has 0 aliphatic rings. The molecule has 0 fully saturated rings. The first-order valence-electron chi connectivity index (χ1n) is 6.60. The van der Waals surface area contributed by atoms with Crippen LogP contribution in [0.4, 0.5) is 0 Å². The number of aryl methyl sites for hydroxylation is 1. The molecule has 0 aliphatic heterocycles. The van der Waals surface area contributed by atoms with E-state index in [1.807, 2.05) is 12.3 Å². The number of carbonyl (C=O) groups is 1. The van der Waals surface area contributed by atoms with E-state index in [0.717, 1.165) is 29.6 Å². The molecule has 0 unspecified atom stereocenters. The normalized spacial score (nSPS) is 11.3. The van der Waals surface area contributed by atoms with E-state index in [1.165, 1.54) is 10.5 Å². The van der Waals surface area contributed by atoms with Crippen LogP contribution >= 0.6 is 0 Å². The van der Waals surface area contributed by atoms with Gasteiger partial charge in [0, 0.05) is 22.7 Å².